The Morgan fingerprint density at radius 1 is 1.35 bits per heavy atom. The van der Waals surface area contributed by atoms with Gasteiger partial charge in [0, 0.05) is 11.7 Å². The van der Waals surface area contributed by atoms with E-state index in [0.717, 1.165) is 0 Å². The van der Waals surface area contributed by atoms with Crippen molar-refractivity contribution in [2.24, 2.45) is 5.92 Å². The van der Waals surface area contributed by atoms with Gasteiger partial charge in [0.1, 0.15) is 0 Å². The van der Waals surface area contributed by atoms with Gasteiger partial charge in [-0.05, 0) is 37.8 Å². The molecule has 0 saturated heterocycles. The number of carbonyl (C=O) groups is 1. The normalized spacial score (nSPS) is 17.9. The lowest BCUT2D eigenvalue weighted by atomic mass is 9.99. The Morgan fingerprint density at radius 3 is 2.65 bits per heavy atom. The summed E-state index contributed by atoms with van der Waals surface area (Å²) in [7, 11) is 0. The summed E-state index contributed by atoms with van der Waals surface area (Å²) < 4.78 is 0. The molecule has 3 N–H and O–H groups in total. The van der Waals surface area contributed by atoms with E-state index >= 15 is 0 Å². The number of nitrogen functional groups attached to an aromatic ring is 1. The van der Waals surface area contributed by atoms with Crippen LogP contribution in [0.3, 0.4) is 0 Å². The molecule has 17 heavy (non-hydrogen) atoms. The molecule has 0 radical (unpaired) electrons. The highest BCUT2D eigenvalue weighted by Crippen LogP contribution is 2.27. The van der Waals surface area contributed by atoms with Crippen molar-refractivity contribution in [2.75, 3.05) is 5.73 Å². The molecule has 1 unspecified atom stereocenters. The molecule has 0 heterocycles. The van der Waals surface area contributed by atoms with Gasteiger partial charge in [0.25, 0.3) is 5.91 Å². The van der Waals surface area contributed by atoms with Gasteiger partial charge >= 0.3 is 0 Å². The Morgan fingerprint density at radius 2 is 2.00 bits per heavy atom. The summed E-state index contributed by atoms with van der Waals surface area (Å²) in [5, 5.41) is 3.06. The summed E-state index contributed by atoms with van der Waals surface area (Å²) in [6.07, 6.45) is 5.04. The molecule has 92 valence electrons. The van der Waals surface area contributed by atoms with Crippen molar-refractivity contribution >= 4 is 11.6 Å². The maximum absolute atomic E-state index is 12.0. The highest BCUT2D eigenvalue weighted by atomic mass is 16.1. The standard InChI is InChI=1S/C14H20N2O/c1-10(11-6-2-3-7-11)16-14(17)12-8-4-5-9-13(12)15/h4-5,8-11H,2-3,6-7,15H2,1H3,(H,16,17). The molecular formula is C14H20N2O. The molecule has 0 spiro atoms. The number of nitrogens with two attached hydrogens (primary N) is 1. The maximum Gasteiger partial charge on any atom is 0.253 e. The third-order valence-corrected chi connectivity index (χ3v) is 3.67. The van der Waals surface area contributed by atoms with Crippen molar-refractivity contribution < 1.29 is 4.79 Å². The van der Waals surface area contributed by atoms with E-state index in [2.05, 4.69) is 12.2 Å². The number of anilines is 1. The molecule has 3 heteroatoms. The largest absolute Gasteiger partial charge is 0.398 e. The molecule has 1 aromatic carbocycles. The van der Waals surface area contributed by atoms with E-state index in [0.29, 0.717) is 17.2 Å². The van der Waals surface area contributed by atoms with Crippen LogP contribution in [0.4, 0.5) is 5.69 Å². The summed E-state index contributed by atoms with van der Waals surface area (Å²) in [5.74, 6) is 0.575. The first-order valence-electron chi connectivity index (χ1n) is 6.34. The molecule has 1 aliphatic carbocycles. The molecule has 0 aliphatic heterocycles. The van der Waals surface area contributed by atoms with Crippen molar-refractivity contribution in [3.63, 3.8) is 0 Å². The zero-order valence-electron chi connectivity index (χ0n) is 10.3. The van der Waals surface area contributed by atoms with Gasteiger partial charge in [0.05, 0.1) is 5.56 Å². The number of nitrogens with one attached hydrogen (secondary N) is 1. The predicted octanol–water partition coefficient (Wildman–Crippen LogP) is 2.58. The van der Waals surface area contributed by atoms with Gasteiger partial charge in [0.15, 0.2) is 0 Å². The quantitative estimate of drug-likeness (QED) is 0.787. The number of amides is 1. The number of benzene rings is 1. The summed E-state index contributed by atoms with van der Waals surface area (Å²) >= 11 is 0. The molecule has 1 fully saturated rings. The van der Waals surface area contributed by atoms with Crippen LogP contribution in [0.15, 0.2) is 24.3 Å². The second kappa shape index (κ2) is 5.21. The molecule has 1 atom stereocenters. The van der Waals surface area contributed by atoms with Crippen molar-refractivity contribution in [3.8, 4) is 0 Å². The fraction of sp³-hybridized carbons (Fsp3) is 0.500. The Balaban J connectivity index is 1.99. The highest BCUT2D eigenvalue weighted by Gasteiger charge is 2.23. The average Bonchev–Trinajstić information content (AvgIpc) is 2.82. The van der Waals surface area contributed by atoms with Crippen LogP contribution in [0.2, 0.25) is 0 Å². The first kappa shape index (κ1) is 12.0. The Kier molecular flexibility index (Phi) is 3.67. The second-order valence-electron chi connectivity index (χ2n) is 4.89. The summed E-state index contributed by atoms with van der Waals surface area (Å²) in [6, 6.07) is 7.45. The van der Waals surface area contributed by atoms with Crippen LogP contribution >= 0.6 is 0 Å². The maximum atomic E-state index is 12.0. The molecule has 0 aromatic heterocycles. The number of hydrogen-bond acceptors (Lipinski definition) is 2. The van der Waals surface area contributed by atoms with Crippen molar-refractivity contribution in [3.05, 3.63) is 29.8 Å². The van der Waals surface area contributed by atoms with Crippen LogP contribution in [0, 0.1) is 5.92 Å². The number of carbonyl (C=O) groups excluding carboxylic acids is 1. The summed E-state index contributed by atoms with van der Waals surface area (Å²) in [4.78, 5) is 12.0. The van der Waals surface area contributed by atoms with Crippen molar-refractivity contribution in [1.29, 1.82) is 0 Å². The minimum atomic E-state index is -0.0532. The lowest BCUT2D eigenvalue weighted by Gasteiger charge is -2.20. The van der Waals surface area contributed by atoms with E-state index in [9.17, 15) is 4.79 Å². The molecule has 0 bridgehead atoms. The fourth-order valence-electron chi connectivity index (χ4n) is 2.56. The Bertz CT molecular complexity index is 397. The highest BCUT2D eigenvalue weighted by molar-refractivity contribution is 5.99. The average molecular weight is 232 g/mol. The van der Waals surface area contributed by atoms with Crippen LogP contribution in [-0.4, -0.2) is 11.9 Å². The van der Waals surface area contributed by atoms with E-state index < -0.39 is 0 Å². The van der Waals surface area contributed by atoms with Gasteiger partial charge in [-0.3, -0.25) is 4.79 Å². The Hall–Kier alpha value is -1.51. The molecule has 3 nitrogen and oxygen atoms in total. The van der Waals surface area contributed by atoms with E-state index in [1.807, 2.05) is 12.1 Å². The molecule has 1 saturated carbocycles. The number of hydrogen-bond donors (Lipinski definition) is 2. The van der Waals surface area contributed by atoms with Crippen LogP contribution in [0.5, 0.6) is 0 Å². The minimum Gasteiger partial charge on any atom is -0.398 e. The fourth-order valence-corrected chi connectivity index (χ4v) is 2.56. The predicted molar refractivity (Wildman–Crippen MR) is 69.7 cm³/mol. The third kappa shape index (κ3) is 2.78. The van der Waals surface area contributed by atoms with E-state index in [1.54, 1.807) is 12.1 Å². The van der Waals surface area contributed by atoms with Gasteiger partial charge in [0.2, 0.25) is 0 Å². The summed E-state index contributed by atoms with van der Waals surface area (Å²) in [5.41, 5.74) is 6.92. The first-order valence-corrected chi connectivity index (χ1v) is 6.34. The van der Waals surface area contributed by atoms with Gasteiger partial charge in [-0.1, -0.05) is 25.0 Å². The van der Waals surface area contributed by atoms with E-state index in [1.165, 1.54) is 25.7 Å². The van der Waals surface area contributed by atoms with Crippen LogP contribution in [0.1, 0.15) is 43.0 Å². The third-order valence-electron chi connectivity index (χ3n) is 3.67. The van der Waals surface area contributed by atoms with Crippen LogP contribution < -0.4 is 11.1 Å². The lowest BCUT2D eigenvalue weighted by Crippen LogP contribution is -2.37. The van der Waals surface area contributed by atoms with Crippen molar-refractivity contribution in [1.82, 2.24) is 5.32 Å². The topological polar surface area (TPSA) is 55.1 Å². The smallest absolute Gasteiger partial charge is 0.253 e. The molecule has 1 aliphatic rings. The van der Waals surface area contributed by atoms with Crippen molar-refractivity contribution in [2.45, 2.75) is 38.6 Å². The van der Waals surface area contributed by atoms with E-state index in [-0.39, 0.29) is 11.9 Å². The first-order chi connectivity index (χ1) is 8.18. The molecule has 1 aromatic rings. The van der Waals surface area contributed by atoms with E-state index in [4.69, 9.17) is 5.73 Å². The summed E-state index contributed by atoms with van der Waals surface area (Å²) in [6.45, 7) is 2.09. The number of para-hydroxylation sites is 1. The second-order valence-corrected chi connectivity index (χ2v) is 4.89. The SMILES string of the molecule is CC(NC(=O)c1ccccc1N)C1CCCC1. The number of rotatable bonds is 3. The van der Waals surface area contributed by atoms with Gasteiger partial charge in [-0.25, -0.2) is 0 Å². The molecule has 2 rings (SSSR count). The van der Waals surface area contributed by atoms with Gasteiger partial charge in [-0.2, -0.15) is 0 Å². The van der Waals surface area contributed by atoms with Gasteiger partial charge in [-0.15, -0.1) is 0 Å². The zero-order valence-corrected chi connectivity index (χ0v) is 10.3. The minimum absolute atomic E-state index is 0.0532. The van der Waals surface area contributed by atoms with Crippen LogP contribution in [-0.2, 0) is 0 Å². The lowest BCUT2D eigenvalue weighted by molar-refractivity contribution is 0.0928. The molecular weight excluding hydrogens is 212 g/mol. The van der Waals surface area contributed by atoms with Gasteiger partial charge < -0.3 is 11.1 Å². The monoisotopic (exact) mass is 232 g/mol. The molecule has 1 amide bonds. The van der Waals surface area contributed by atoms with Crippen LogP contribution in [0.25, 0.3) is 0 Å². The Labute approximate surface area is 102 Å². The zero-order chi connectivity index (χ0) is 12.3.